The van der Waals surface area contributed by atoms with E-state index in [0.717, 1.165) is 0 Å². The summed E-state index contributed by atoms with van der Waals surface area (Å²) in [5.41, 5.74) is -1.56. The van der Waals surface area contributed by atoms with Crippen LogP contribution in [0.1, 0.15) is 20.8 Å². The topological polar surface area (TPSA) is 135 Å². The van der Waals surface area contributed by atoms with Gasteiger partial charge in [-0.1, -0.05) is 0 Å². The van der Waals surface area contributed by atoms with Crippen LogP contribution in [0.25, 0.3) is 0 Å². The molecule has 0 heterocycles. The molecule has 2 unspecified atom stereocenters. The lowest BCUT2D eigenvalue weighted by Gasteiger charge is -2.19. The zero-order valence-corrected chi connectivity index (χ0v) is 8.71. The highest BCUT2D eigenvalue weighted by Crippen LogP contribution is 2.07. The molecule has 0 fully saturated rings. The molecule has 0 aromatic heterocycles. The molecule has 0 aromatic carbocycles. The first-order chi connectivity index (χ1) is 6.50. The number of aliphatic carboxylic acids is 2. The number of aliphatic hydroxyl groups excluding tert-OH is 2. The second-order valence-electron chi connectivity index (χ2n) is 3.41. The molecular weight excluding hydrogens is 208 g/mol. The molecule has 0 radical (unpaired) electrons. The number of carboxylic acid groups (broad SMARTS) is 2. The first-order valence-corrected chi connectivity index (χ1v) is 4.04. The van der Waals surface area contributed by atoms with Crippen molar-refractivity contribution in [1.82, 2.24) is 0 Å². The van der Waals surface area contributed by atoms with Crippen LogP contribution in [0, 0.1) is 0 Å². The molecule has 5 N–H and O–H groups in total. The van der Waals surface area contributed by atoms with Gasteiger partial charge in [0.15, 0.2) is 6.10 Å². The van der Waals surface area contributed by atoms with Gasteiger partial charge in [0.1, 0.15) is 6.10 Å². The van der Waals surface area contributed by atoms with E-state index in [2.05, 4.69) is 0 Å². The number of hydrogen-bond donors (Lipinski definition) is 5. The number of carbonyl (C=O) groups is 2. The van der Waals surface area contributed by atoms with Crippen molar-refractivity contribution in [2.45, 2.75) is 38.6 Å². The molecule has 0 amide bonds. The van der Waals surface area contributed by atoms with Gasteiger partial charge in [0, 0.05) is 0 Å². The van der Waals surface area contributed by atoms with Crippen LogP contribution in [-0.2, 0) is 9.59 Å². The largest absolute Gasteiger partial charge is 0.479 e. The molecule has 15 heavy (non-hydrogen) atoms. The second-order valence-corrected chi connectivity index (χ2v) is 3.41. The van der Waals surface area contributed by atoms with Crippen LogP contribution in [0.5, 0.6) is 0 Å². The van der Waals surface area contributed by atoms with Crippen LogP contribution in [-0.4, -0.2) is 55.3 Å². The predicted octanol–water partition coefficient (Wildman–Crippen LogP) is -1.35. The van der Waals surface area contributed by atoms with E-state index in [1.807, 2.05) is 0 Å². The lowest BCUT2D eigenvalue weighted by Crippen LogP contribution is -2.41. The summed E-state index contributed by atoms with van der Waals surface area (Å²) in [5.74, 6) is -2.60. The Morgan fingerprint density at radius 2 is 1.33 bits per heavy atom. The van der Waals surface area contributed by atoms with Gasteiger partial charge in [0.2, 0.25) is 0 Å². The molecule has 0 aromatic rings. The SMILES string of the molecule is CC(C)(O)C(O)C(=O)O.CC(O)C(=O)O. The summed E-state index contributed by atoms with van der Waals surface area (Å²) in [6, 6.07) is 0. The molecule has 0 aliphatic carbocycles. The molecular formula is C8H16O7. The molecule has 0 rings (SSSR count). The monoisotopic (exact) mass is 224 g/mol. The fourth-order valence-corrected chi connectivity index (χ4v) is 0.302. The van der Waals surface area contributed by atoms with Gasteiger partial charge in [0.05, 0.1) is 5.60 Å². The maximum absolute atomic E-state index is 9.94. The third kappa shape index (κ3) is 9.13. The Balaban J connectivity index is 0. The Bertz CT molecular complexity index is 216. The normalized spacial score (nSPS) is 14.5. The number of aliphatic hydroxyl groups is 3. The summed E-state index contributed by atoms with van der Waals surface area (Å²) in [7, 11) is 0. The van der Waals surface area contributed by atoms with E-state index < -0.39 is 29.7 Å². The molecule has 0 spiro atoms. The van der Waals surface area contributed by atoms with Crippen LogP contribution in [0.4, 0.5) is 0 Å². The van der Waals surface area contributed by atoms with Crippen LogP contribution in [0.2, 0.25) is 0 Å². The van der Waals surface area contributed by atoms with Gasteiger partial charge in [-0.2, -0.15) is 0 Å². The van der Waals surface area contributed by atoms with Crippen LogP contribution in [0.15, 0.2) is 0 Å². The quantitative estimate of drug-likeness (QED) is 0.400. The average Bonchev–Trinajstić information content (AvgIpc) is 2.02. The van der Waals surface area contributed by atoms with Gasteiger partial charge < -0.3 is 25.5 Å². The molecule has 0 saturated carbocycles. The van der Waals surface area contributed by atoms with Gasteiger partial charge in [0.25, 0.3) is 0 Å². The standard InChI is InChI=1S/C5H10O4.C3H6O3/c1-5(2,9)3(6)4(7)8;1-2(4)3(5)6/h3,6,9H,1-2H3,(H,7,8);2,4H,1H3,(H,5,6). The van der Waals surface area contributed by atoms with E-state index in [1.165, 1.54) is 20.8 Å². The average molecular weight is 224 g/mol. The summed E-state index contributed by atoms with van der Waals surface area (Å²) in [6.45, 7) is 3.65. The second kappa shape index (κ2) is 6.33. The highest BCUT2D eigenvalue weighted by Gasteiger charge is 2.30. The van der Waals surface area contributed by atoms with Gasteiger partial charge in [-0.15, -0.1) is 0 Å². The Morgan fingerprint density at radius 3 is 1.33 bits per heavy atom. The third-order valence-electron chi connectivity index (χ3n) is 1.26. The Hall–Kier alpha value is -1.18. The minimum absolute atomic E-state index is 1.19. The van der Waals surface area contributed by atoms with Crippen molar-refractivity contribution in [2.24, 2.45) is 0 Å². The maximum Gasteiger partial charge on any atom is 0.335 e. The molecule has 0 saturated heterocycles. The van der Waals surface area contributed by atoms with Crippen molar-refractivity contribution >= 4 is 11.9 Å². The van der Waals surface area contributed by atoms with E-state index in [1.54, 1.807) is 0 Å². The fourth-order valence-electron chi connectivity index (χ4n) is 0.302. The van der Waals surface area contributed by atoms with Crippen LogP contribution in [0.3, 0.4) is 0 Å². The molecule has 0 aliphatic heterocycles. The summed E-state index contributed by atoms with van der Waals surface area (Å²) in [4.78, 5) is 19.4. The fraction of sp³-hybridized carbons (Fsp3) is 0.750. The van der Waals surface area contributed by atoms with E-state index in [4.69, 9.17) is 25.5 Å². The summed E-state index contributed by atoms with van der Waals surface area (Å²) in [5, 5.41) is 41.3. The minimum atomic E-state index is -1.71. The van der Waals surface area contributed by atoms with Crippen LogP contribution < -0.4 is 0 Å². The van der Waals surface area contributed by atoms with Crippen molar-refractivity contribution < 1.29 is 35.1 Å². The van der Waals surface area contributed by atoms with Gasteiger partial charge in [-0.25, -0.2) is 9.59 Å². The third-order valence-corrected chi connectivity index (χ3v) is 1.26. The van der Waals surface area contributed by atoms with Gasteiger partial charge in [-0.05, 0) is 20.8 Å². The first-order valence-electron chi connectivity index (χ1n) is 4.04. The van der Waals surface area contributed by atoms with Crippen LogP contribution >= 0.6 is 0 Å². The molecule has 7 heteroatoms. The zero-order valence-electron chi connectivity index (χ0n) is 8.71. The summed E-state index contributed by atoms with van der Waals surface area (Å²) in [6.07, 6.45) is -2.94. The zero-order chi connectivity index (χ0) is 12.8. The lowest BCUT2D eigenvalue weighted by molar-refractivity contribution is -0.159. The highest BCUT2D eigenvalue weighted by atomic mass is 16.4. The molecule has 90 valence electrons. The number of hydrogen-bond acceptors (Lipinski definition) is 5. The first kappa shape index (κ1) is 16.3. The molecule has 0 bridgehead atoms. The Kier molecular flexibility index (Phi) is 6.86. The maximum atomic E-state index is 9.94. The Labute approximate surface area is 86.6 Å². The Morgan fingerprint density at radius 1 is 1.07 bits per heavy atom. The molecule has 7 nitrogen and oxygen atoms in total. The van der Waals surface area contributed by atoms with Gasteiger partial charge >= 0.3 is 11.9 Å². The van der Waals surface area contributed by atoms with Crippen molar-refractivity contribution in [3.05, 3.63) is 0 Å². The van der Waals surface area contributed by atoms with Crippen molar-refractivity contribution in [2.75, 3.05) is 0 Å². The van der Waals surface area contributed by atoms with E-state index in [-0.39, 0.29) is 0 Å². The molecule has 2 atom stereocenters. The van der Waals surface area contributed by atoms with Crippen molar-refractivity contribution in [3.8, 4) is 0 Å². The number of carboxylic acids is 2. The minimum Gasteiger partial charge on any atom is -0.479 e. The smallest absolute Gasteiger partial charge is 0.335 e. The van der Waals surface area contributed by atoms with Crippen molar-refractivity contribution in [1.29, 1.82) is 0 Å². The van der Waals surface area contributed by atoms with E-state index in [9.17, 15) is 9.59 Å². The summed E-state index contributed by atoms with van der Waals surface area (Å²) < 4.78 is 0. The van der Waals surface area contributed by atoms with Gasteiger partial charge in [-0.3, -0.25) is 0 Å². The summed E-state index contributed by atoms with van der Waals surface area (Å²) >= 11 is 0. The van der Waals surface area contributed by atoms with E-state index >= 15 is 0 Å². The lowest BCUT2D eigenvalue weighted by atomic mass is 10.0. The predicted molar refractivity (Wildman–Crippen MR) is 49.3 cm³/mol. The van der Waals surface area contributed by atoms with Crippen molar-refractivity contribution in [3.63, 3.8) is 0 Å². The van der Waals surface area contributed by atoms with E-state index in [0.29, 0.717) is 0 Å². The highest BCUT2D eigenvalue weighted by molar-refractivity contribution is 5.73. The molecule has 0 aliphatic rings. The number of rotatable bonds is 3.